The van der Waals surface area contributed by atoms with E-state index in [-0.39, 0.29) is 18.1 Å². The van der Waals surface area contributed by atoms with Gasteiger partial charge in [0, 0.05) is 12.5 Å². The number of phenolic OH excluding ortho intramolecular Hbond substituents is 1. The summed E-state index contributed by atoms with van der Waals surface area (Å²) >= 11 is 0. The molecule has 0 aliphatic carbocycles. The van der Waals surface area contributed by atoms with E-state index in [0.29, 0.717) is 17.6 Å². The van der Waals surface area contributed by atoms with Gasteiger partial charge in [-0.2, -0.15) is 13.2 Å². The molecule has 3 aromatic rings. The third-order valence-corrected chi connectivity index (χ3v) is 5.64. The van der Waals surface area contributed by atoms with Crippen LogP contribution in [0.5, 0.6) is 17.2 Å². The molecule has 6 nitrogen and oxygen atoms in total. The molecule has 0 saturated carbocycles. The summed E-state index contributed by atoms with van der Waals surface area (Å²) in [6, 6.07) is 14.2. The Morgan fingerprint density at radius 1 is 0.923 bits per heavy atom. The van der Waals surface area contributed by atoms with Gasteiger partial charge in [-0.05, 0) is 73.7 Å². The molecule has 0 saturated heterocycles. The minimum Gasteiger partial charge on any atom is -0.506 e. The third-order valence-electron chi connectivity index (χ3n) is 5.64. The van der Waals surface area contributed by atoms with Gasteiger partial charge in [-0.25, -0.2) is 4.79 Å². The van der Waals surface area contributed by atoms with Crippen LogP contribution in [0.4, 0.5) is 13.2 Å². The Labute approximate surface area is 225 Å². The van der Waals surface area contributed by atoms with Gasteiger partial charge in [0.1, 0.15) is 35.0 Å². The zero-order valence-corrected chi connectivity index (χ0v) is 22.6. The van der Waals surface area contributed by atoms with E-state index < -0.39 is 40.6 Å². The number of esters is 2. The maximum atomic E-state index is 13.4. The molecule has 3 aromatic carbocycles. The van der Waals surface area contributed by atoms with Gasteiger partial charge in [0.2, 0.25) is 0 Å². The van der Waals surface area contributed by atoms with Crippen LogP contribution < -0.4 is 9.47 Å². The van der Waals surface area contributed by atoms with Crippen LogP contribution in [0.15, 0.2) is 54.6 Å². The molecular weight excluding hydrogens is 513 g/mol. The van der Waals surface area contributed by atoms with Crippen molar-refractivity contribution in [1.29, 1.82) is 0 Å². The molecule has 0 aliphatic heterocycles. The zero-order chi connectivity index (χ0) is 29.1. The minimum atomic E-state index is -4.86. The van der Waals surface area contributed by atoms with Crippen LogP contribution in [-0.2, 0) is 22.3 Å². The van der Waals surface area contributed by atoms with Crippen molar-refractivity contribution in [2.24, 2.45) is 0 Å². The topological polar surface area (TPSA) is 82.1 Å². The van der Waals surface area contributed by atoms with Gasteiger partial charge < -0.3 is 19.3 Å². The van der Waals surface area contributed by atoms with Gasteiger partial charge in [0.15, 0.2) is 0 Å². The second-order valence-corrected chi connectivity index (χ2v) is 10.3. The molecule has 0 bridgehead atoms. The molecule has 39 heavy (non-hydrogen) atoms. The second kappa shape index (κ2) is 11.4. The molecule has 0 aromatic heterocycles. The van der Waals surface area contributed by atoms with E-state index >= 15 is 0 Å². The van der Waals surface area contributed by atoms with E-state index in [2.05, 4.69) is 0 Å². The predicted molar refractivity (Wildman–Crippen MR) is 140 cm³/mol. The average molecular weight is 545 g/mol. The number of hydrogen-bond donors (Lipinski definition) is 1. The number of hydrogen-bond acceptors (Lipinski definition) is 6. The fraction of sp³-hybridized carbons (Fsp3) is 0.333. The van der Waals surface area contributed by atoms with E-state index in [1.54, 1.807) is 39.0 Å². The van der Waals surface area contributed by atoms with Crippen LogP contribution in [0.25, 0.3) is 11.1 Å². The van der Waals surface area contributed by atoms with E-state index in [0.717, 1.165) is 22.8 Å². The Morgan fingerprint density at radius 3 is 2.08 bits per heavy atom. The highest BCUT2D eigenvalue weighted by molar-refractivity contribution is 5.95. The van der Waals surface area contributed by atoms with Crippen molar-refractivity contribution in [2.75, 3.05) is 0 Å². The normalized spacial score (nSPS) is 11.8. The van der Waals surface area contributed by atoms with Gasteiger partial charge in [-0.15, -0.1) is 0 Å². The molecule has 0 spiro atoms. The first kappa shape index (κ1) is 29.5. The van der Waals surface area contributed by atoms with Crippen molar-refractivity contribution >= 4 is 11.9 Å². The van der Waals surface area contributed by atoms with E-state index in [1.165, 1.54) is 6.92 Å². The first-order valence-corrected chi connectivity index (χ1v) is 12.3. The van der Waals surface area contributed by atoms with Crippen LogP contribution in [0.2, 0.25) is 0 Å². The second-order valence-electron chi connectivity index (χ2n) is 10.3. The fourth-order valence-corrected chi connectivity index (χ4v) is 3.94. The number of carbonyl (C=O) groups excluding carboxylic acids is 2. The molecule has 0 atom stereocenters. The van der Waals surface area contributed by atoms with Crippen LogP contribution in [0.1, 0.15) is 74.5 Å². The largest absolute Gasteiger partial charge is 0.506 e. The van der Waals surface area contributed by atoms with Gasteiger partial charge in [0.25, 0.3) is 0 Å². The summed E-state index contributed by atoms with van der Waals surface area (Å²) in [6.45, 7) is 9.81. The highest BCUT2D eigenvalue weighted by Crippen LogP contribution is 2.40. The van der Waals surface area contributed by atoms with Crippen molar-refractivity contribution < 1.29 is 42.1 Å². The van der Waals surface area contributed by atoms with Crippen LogP contribution in [-0.4, -0.2) is 22.6 Å². The number of ether oxygens (including phenoxy) is 3. The van der Waals surface area contributed by atoms with E-state index in [4.69, 9.17) is 14.2 Å². The molecular formula is C30H31F3O6. The molecule has 0 aliphatic rings. The number of carbonyl (C=O) groups is 2. The number of benzene rings is 3. The van der Waals surface area contributed by atoms with Crippen LogP contribution in [0, 0.1) is 0 Å². The van der Waals surface area contributed by atoms with Crippen molar-refractivity contribution in [1.82, 2.24) is 0 Å². The van der Waals surface area contributed by atoms with Gasteiger partial charge in [-0.1, -0.05) is 38.1 Å². The molecule has 0 heterocycles. The summed E-state index contributed by atoms with van der Waals surface area (Å²) in [5, 5.41) is 10.4. The number of alkyl halides is 3. The first-order chi connectivity index (χ1) is 18.1. The molecule has 0 fully saturated rings. The molecule has 0 amide bonds. The predicted octanol–water partition coefficient (Wildman–Crippen LogP) is 7.66. The third kappa shape index (κ3) is 7.52. The number of aromatic hydroxyl groups is 1. The maximum absolute atomic E-state index is 13.4. The summed E-state index contributed by atoms with van der Waals surface area (Å²) in [4.78, 5) is 24.1. The summed E-state index contributed by atoms with van der Waals surface area (Å²) in [5.41, 5.74) is -0.0827. The van der Waals surface area contributed by atoms with Gasteiger partial charge in [-0.3, -0.25) is 4.79 Å². The standard InChI is InChI=1S/C30H31F3O6/c1-17(2)24-15-22(38-18(3)34)12-13-23(24)19-7-10-21(11-8-19)37-16-20-9-14-25(30(31,32)33)27(35)26(20)28(36)39-29(4,5)6/h7-15,17,35H,16H2,1-6H3. The van der Waals surface area contributed by atoms with Gasteiger partial charge >= 0.3 is 18.1 Å². The van der Waals surface area contributed by atoms with Gasteiger partial charge in [0.05, 0.1) is 5.56 Å². The SMILES string of the molecule is CC(=O)Oc1ccc(-c2ccc(OCc3ccc(C(F)(F)F)c(O)c3C(=O)OC(C)(C)C)cc2)c(C(C)C)c1. The molecule has 3 rings (SSSR count). The zero-order valence-electron chi connectivity index (χ0n) is 22.6. The molecule has 1 N–H and O–H groups in total. The Bertz CT molecular complexity index is 1350. The summed E-state index contributed by atoms with van der Waals surface area (Å²) in [5.74, 6) is -1.70. The summed E-state index contributed by atoms with van der Waals surface area (Å²) in [6.07, 6.45) is -4.86. The number of phenols is 1. The summed E-state index contributed by atoms with van der Waals surface area (Å²) in [7, 11) is 0. The first-order valence-electron chi connectivity index (χ1n) is 12.3. The lowest BCUT2D eigenvalue weighted by molar-refractivity contribution is -0.138. The lowest BCUT2D eigenvalue weighted by atomic mass is 9.92. The molecule has 0 unspecified atom stereocenters. The minimum absolute atomic E-state index is 0.0435. The highest BCUT2D eigenvalue weighted by atomic mass is 19.4. The smallest absolute Gasteiger partial charge is 0.419 e. The highest BCUT2D eigenvalue weighted by Gasteiger charge is 2.37. The van der Waals surface area contributed by atoms with Crippen molar-refractivity contribution in [3.8, 4) is 28.4 Å². The van der Waals surface area contributed by atoms with Crippen molar-refractivity contribution in [3.05, 3.63) is 76.9 Å². The maximum Gasteiger partial charge on any atom is 0.419 e. The van der Waals surface area contributed by atoms with E-state index in [9.17, 15) is 27.9 Å². The lowest BCUT2D eigenvalue weighted by Crippen LogP contribution is -2.25. The molecule has 0 radical (unpaired) electrons. The Hall–Kier alpha value is -4.01. The van der Waals surface area contributed by atoms with Crippen molar-refractivity contribution in [3.63, 3.8) is 0 Å². The molecule has 9 heteroatoms. The van der Waals surface area contributed by atoms with Crippen LogP contribution in [0.3, 0.4) is 0 Å². The Balaban J connectivity index is 1.88. The molecule has 208 valence electrons. The Morgan fingerprint density at radius 2 is 1.54 bits per heavy atom. The lowest BCUT2D eigenvalue weighted by Gasteiger charge is -2.22. The number of halogens is 3. The van der Waals surface area contributed by atoms with Crippen molar-refractivity contribution in [2.45, 2.75) is 65.8 Å². The Kier molecular flexibility index (Phi) is 8.63. The van der Waals surface area contributed by atoms with E-state index in [1.807, 2.05) is 38.1 Å². The quantitative estimate of drug-likeness (QED) is 0.243. The van der Waals surface area contributed by atoms with Crippen LogP contribution >= 0.6 is 0 Å². The monoisotopic (exact) mass is 544 g/mol. The summed E-state index contributed by atoms with van der Waals surface area (Å²) < 4.78 is 56.4. The average Bonchev–Trinajstić information content (AvgIpc) is 2.80. The fourth-order valence-electron chi connectivity index (χ4n) is 3.94. The number of rotatable bonds is 7.